The molecule has 2 aliphatic rings. The van der Waals surface area contributed by atoms with Gasteiger partial charge in [0.25, 0.3) is 0 Å². The van der Waals surface area contributed by atoms with E-state index < -0.39 is 47.4 Å². The van der Waals surface area contributed by atoms with Crippen LogP contribution in [-0.4, -0.2) is 58.2 Å². The molecule has 2 amide bonds. The molecule has 0 aromatic carbocycles. The van der Waals surface area contributed by atoms with Crippen LogP contribution in [0.2, 0.25) is 0 Å². The van der Waals surface area contributed by atoms with Crippen molar-refractivity contribution in [2.24, 2.45) is 5.73 Å². The fraction of sp³-hybridized carbons (Fsp3) is 0.474. The molecule has 19 heteroatoms. The van der Waals surface area contributed by atoms with Crippen molar-refractivity contribution in [1.29, 1.82) is 0 Å². The highest BCUT2D eigenvalue weighted by atomic mass is 35.5. The van der Waals surface area contributed by atoms with Gasteiger partial charge in [-0.15, -0.1) is 12.4 Å². The lowest BCUT2D eigenvalue weighted by atomic mass is 10.0. The third kappa shape index (κ3) is 12.5. The Balaban J connectivity index is 0.000000278. The summed E-state index contributed by atoms with van der Waals surface area (Å²) in [4.78, 5) is 49.1. The minimum Gasteiger partial charge on any atom is -0.443 e. The third-order valence-corrected chi connectivity index (χ3v) is 8.18. The summed E-state index contributed by atoms with van der Waals surface area (Å²) in [6, 6.07) is 3.53. The maximum Gasteiger partial charge on any atom is 0.451 e. The largest absolute Gasteiger partial charge is 0.451 e. The molecule has 4 heterocycles. The Morgan fingerprint density at radius 3 is 1.26 bits per heavy atom. The number of alkyl halides is 6. The first-order valence-electron chi connectivity index (χ1n) is 17.7. The molecule has 0 aliphatic heterocycles. The predicted octanol–water partition coefficient (Wildman–Crippen LogP) is 9.42. The van der Waals surface area contributed by atoms with Crippen molar-refractivity contribution in [2.45, 2.75) is 116 Å². The zero-order valence-corrected chi connectivity index (χ0v) is 32.8. The molecule has 0 spiro atoms. The number of rotatable bonds is 7. The van der Waals surface area contributed by atoms with Crippen molar-refractivity contribution in [3.63, 3.8) is 0 Å². The van der Waals surface area contributed by atoms with Gasteiger partial charge in [-0.3, -0.25) is 9.97 Å². The first-order valence-corrected chi connectivity index (χ1v) is 17.7. The van der Waals surface area contributed by atoms with Gasteiger partial charge in [0.05, 0.1) is 6.54 Å². The van der Waals surface area contributed by atoms with Gasteiger partial charge in [0.1, 0.15) is 11.2 Å². The minimum absolute atomic E-state index is 0. The van der Waals surface area contributed by atoms with E-state index in [-0.39, 0.29) is 24.9 Å². The normalized spacial score (nSPS) is 14.5. The molecule has 12 nitrogen and oxygen atoms in total. The Labute approximate surface area is 331 Å². The molecule has 57 heavy (non-hydrogen) atoms. The van der Waals surface area contributed by atoms with Crippen LogP contribution in [0.4, 0.5) is 35.9 Å². The van der Waals surface area contributed by atoms with Gasteiger partial charge in [0.15, 0.2) is 0 Å². The third-order valence-electron chi connectivity index (χ3n) is 8.18. The highest BCUT2D eigenvalue weighted by Gasteiger charge is 2.37. The Hall–Kier alpha value is -4.97. The Kier molecular flexibility index (Phi) is 13.5. The number of halogens is 7. The van der Waals surface area contributed by atoms with E-state index in [0.717, 1.165) is 66.6 Å². The molecule has 2 fully saturated rings. The first-order chi connectivity index (χ1) is 26.0. The van der Waals surface area contributed by atoms with Crippen LogP contribution in [0.5, 0.6) is 0 Å². The molecule has 4 aromatic heterocycles. The van der Waals surface area contributed by atoms with E-state index >= 15 is 0 Å². The molecule has 0 bridgehead atoms. The number of carbonyl (C=O) groups is 2. The molecule has 6 rings (SSSR count). The molecule has 0 radical (unpaired) electrons. The summed E-state index contributed by atoms with van der Waals surface area (Å²) in [6.45, 7) is 10.3. The summed E-state index contributed by atoms with van der Waals surface area (Å²) in [5.41, 5.74) is 9.14. The second-order valence-corrected chi connectivity index (χ2v) is 15.4. The second kappa shape index (κ2) is 17.3. The lowest BCUT2D eigenvalue weighted by Crippen LogP contribution is -2.43. The summed E-state index contributed by atoms with van der Waals surface area (Å²) in [5.74, 6) is -1.75. The Morgan fingerprint density at radius 1 is 0.614 bits per heavy atom. The number of nitrogens with two attached hydrogens (primary N) is 1. The minimum atomic E-state index is -4.65. The summed E-state index contributed by atoms with van der Waals surface area (Å²) >= 11 is 0. The van der Waals surface area contributed by atoms with Crippen LogP contribution >= 0.6 is 12.4 Å². The molecule has 0 saturated heterocycles. The van der Waals surface area contributed by atoms with Crippen molar-refractivity contribution >= 4 is 24.6 Å². The smallest absolute Gasteiger partial charge is 0.443 e. The van der Waals surface area contributed by atoms with Crippen LogP contribution in [-0.2, 0) is 34.9 Å². The predicted molar refractivity (Wildman–Crippen MR) is 198 cm³/mol. The quantitative estimate of drug-likeness (QED) is 0.177. The van der Waals surface area contributed by atoms with Gasteiger partial charge < -0.3 is 15.2 Å². The van der Waals surface area contributed by atoms with Gasteiger partial charge in [-0.2, -0.15) is 26.3 Å². The molecular weight excluding hydrogens is 782 g/mol. The van der Waals surface area contributed by atoms with Crippen molar-refractivity contribution in [1.82, 2.24) is 34.8 Å². The van der Waals surface area contributed by atoms with Gasteiger partial charge in [-0.05, 0) is 90.5 Å². The van der Waals surface area contributed by atoms with E-state index in [2.05, 4.69) is 29.9 Å². The average Bonchev–Trinajstić information content (AvgIpc) is 4.03. The van der Waals surface area contributed by atoms with Gasteiger partial charge in [0, 0.05) is 89.2 Å². The van der Waals surface area contributed by atoms with E-state index in [1.807, 2.05) is 6.07 Å². The number of imide groups is 1. The Bertz CT molecular complexity index is 2000. The zero-order valence-electron chi connectivity index (χ0n) is 32.0. The van der Waals surface area contributed by atoms with Crippen LogP contribution in [0, 0.1) is 0 Å². The summed E-state index contributed by atoms with van der Waals surface area (Å²) in [6.07, 6.45) is 0.692. The highest BCUT2D eigenvalue weighted by Crippen LogP contribution is 2.42. The lowest BCUT2D eigenvalue weighted by molar-refractivity contribution is -0.145. The second-order valence-electron chi connectivity index (χ2n) is 15.4. The van der Waals surface area contributed by atoms with Crippen LogP contribution in [0.15, 0.2) is 49.3 Å². The van der Waals surface area contributed by atoms with Crippen LogP contribution in [0.3, 0.4) is 0 Å². The number of hydrogen-bond acceptors (Lipinski definition) is 11. The van der Waals surface area contributed by atoms with Gasteiger partial charge >= 0.3 is 24.5 Å². The SMILES string of the molecule is CC(C)(C)OC(=O)N(Cc1cc(-c2cnc(C(F)(F)F)nc2)cnc1C1CC1)C(=O)OC(C)(C)C.Cl.NCc1cc(-c2cnc(C(F)(F)F)nc2)cnc1C1CC1. The number of carbonyl (C=O) groups excluding carboxylic acids is 2. The summed E-state index contributed by atoms with van der Waals surface area (Å²) in [7, 11) is 0. The van der Waals surface area contributed by atoms with Crippen molar-refractivity contribution in [3.05, 3.63) is 83.5 Å². The van der Waals surface area contributed by atoms with Gasteiger partial charge in [-0.1, -0.05) is 0 Å². The molecule has 2 N–H and O–H groups in total. The van der Waals surface area contributed by atoms with Crippen LogP contribution in [0.1, 0.15) is 113 Å². The van der Waals surface area contributed by atoms with Crippen molar-refractivity contribution in [3.8, 4) is 22.3 Å². The van der Waals surface area contributed by atoms with Gasteiger partial charge in [-0.25, -0.2) is 34.4 Å². The number of hydrogen-bond donors (Lipinski definition) is 1. The molecule has 0 unspecified atom stereocenters. The molecule has 2 saturated carbocycles. The van der Waals surface area contributed by atoms with E-state index in [4.69, 9.17) is 15.2 Å². The average molecular weight is 825 g/mol. The maximum absolute atomic E-state index is 12.9. The monoisotopic (exact) mass is 824 g/mol. The van der Waals surface area contributed by atoms with E-state index in [1.54, 1.807) is 53.8 Å². The number of nitrogens with zero attached hydrogens (tertiary/aromatic N) is 7. The molecular formula is C38H43ClF6N8O4. The van der Waals surface area contributed by atoms with Crippen molar-refractivity contribution < 1.29 is 45.4 Å². The van der Waals surface area contributed by atoms with E-state index in [9.17, 15) is 35.9 Å². The first kappa shape index (κ1) is 44.7. The molecule has 0 atom stereocenters. The van der Waals surface area contributed by atoms with E-state index in [1.165, 1.54) is 6.20 Å². The fourth-order valence-corrected chi connectivity index (χ4v) is 5.35. The zero-order chi connectivity index (χ0) is 41.2. The van der Waals surface area contributed by atoms with E-state index in [0.29, 0.717) is 46.0 Å². The lowest BCUT2D eigenvalue weighted by Gasteiger charge is -2.29. The van der Waals surface area contributed by atoms with Crippen LogP contribution < -0.4 is 5.73 Å². The number of aromatic nitrogens is 6. The highest BCUT2D eigenvalue weighted by molar-refractivity contribution is 5.88. The molecule has 2 aliphatic carbocycles. The number of ether oxygens (including phenoxy) is 2. The van der Waals surface area contributed by atoms with Gasteiger partial charge in [0.2, 0.25) is 11.6 Å². The summed E-state index contributed by atoms with van der Waals surface area (Å²) < 4.78 is 86.7. The molecule has 4 aromatic rings. The van der Waals surface area contributed by atoms with Crippen LogP contribution in [0.25, 0.3) is 22.3 Å². The van der Waals surface area contributed by atoms with Crippen molar-refractivity contribution in [2.75, 3.05) is 0 Å². The fourth-order valence-electron chi connectivity index (χ4n) is 5.35. The molecule has 308 valence electrons. The summed E-state index contributed by atoms with van der Waals surface area (Å²) in [5, 5.41) is 0. The number of amides is 2. The topological polar surface area (TPSA) is 159 Å². The number of pyridine rings is 2. The standard InChI is InChI=1S/C24H29F3N4O4.C14H13F3N4.ClH/c1-22(2,3)34-20(32)31(21(33)35-23(4,5)6)13-16-9-15(10-28-18(16)14-7-8-14)17-11-29-19(30-12-17)24(25,26)27;15-14(16,17)13-20-6-11(7-21-13)10-3-9(4-18)12(19-5-10)8-1-2-8;/h9-12,14H,7-8,13H2,1-6H3;3,5-8H,1-2,4,18H2;1H. The maximum atomic E-state index is 12.9. The Morgan fingerprint density at radius 2 is 0.947 bits per heavy atom.